The van der Waals surface area contributed by atoms with Gasteiger partial charge in [0.15, 0.2) is 5.92 Å². The SMILES string of the molecule is CC=C(CC(C(=O)OCC)C(=O)OCC)C(=O)OCC. The van der Waals surface area contributed by atoms with E-state index in [1.165, 1.54) is 6.08 Å². The van der Waals surface area contributed by atoms with Crippen LogP contribution in [0.3, 0.4) is 0 Å². The van der Waals surface area contributed by atoms with E-state index in [0.29, 0.717) is 0 Å². The molecular weight excluding hydrogens is 264 g/mol. The van der Waals surface area contributed by atoms with Gasteiger partial charge in [0.05, 0.1) is 19.8 Å². The highest BCUT2D eigenvalue weighted by Crippen LogP contribution is 2.17. The summed E-state index contributed by atoms with van der Waals surface area (Å²) in [5.74, 6) is -3.09. The maximum absolute atomic E-state index is 11.8. The average Bonchev–Trinajstić information content (AvgIpc) is 2.40. The van der Waals surface area contributed by atoms with Crippen LogP contribution in [-0.4, -0.2) is 37.7 Å². The number of carbonyl (C=O) groups is 3. The number of hydrogen-bond acceptors (Lipinski definition) is 6. The third kappa shape index (κ3) is 5.86. The van der Waals surface area contributed by atoms with Crippen molar-refractivity contribution in [3.63, 3.8) is 0 Å². The van der Waals surface area contributed by atoms with E-state index < -0.39 is 23.8 Å². The van der Waals surface area contributed by atoms with Crippen molar-refractivity contribution in [2.75, 3.05) is 19.8 Å². The molecule has 0 saturated heterocycles. The van der Waals surface area contributed by atoms with E-state index in [2.05, 4.69) is 0 Å². The van der Waals surface area contributed by atoms with Crippen LogP contribution in [0, 0.1) is 5.92 Å². The summed E-state index contributed by atoms with van der Waals surface area (Å²) >= 11 is 0. The normalized spacial score (nSPS) is 11.2. The lowest BCUT2D eigenvalue weighted by atomic mass is 9.99. The van der Waals surface area contributed by atoms with Gasteiger partial charge < -0.3 is 14.2 Å². The summed E-state index contributed by atoms with van der Waals surface area (Å²) in [6.07, 6.45) is 1.43. The number of esters is 3. The molecule has 0 aromatic rings. The molecule has 0 fully saturated rings. The molecule has 0 aliphatic rings. The van der Waals surface area contributed by atoms with Crippen LogP contribution >= 0.6 is 0 Å². The van der Waals surface area contributed by atoms with Gasteiger partial charge in [-0.25, -0.2) is 4.79 Å². The highest BCUT2D eigenvalue weighted by atomic mass is 16.6. The molecular formula is C14H22O6. The fourth-order valence-corrected chi connectivity index (χ4v) is 1.51. The van der Waals surface area contributed by atoms with Gasteiger partial charge in [-0.3, -0.25) is 9.59 Å². The Kier molecular flexibility index (Phi) is 9.07. The Balaban J connectivity index is 4.99. The zero-order valence-corrected chi connectivity index (χ0v) is 12.4. The molecule has 0 aliphatic carbocycles. The minimum atomic E-state index is -1.15. The Hall–Kier alpha value is -1.85. The summed E-state index contributed by atoms with van der Waals surface area (Å²) in [5, 5.41) is 0. The topological polar surface area (TPSA) is 78.9 Å². The van der Waals surface area contributed by atoms with E-state index in [1.54, 1.807) is 27.7 Å². The molecule has 0 aromatic carbocycles. The van der Waals surface area contributed by atoms with Crippen LogP contribution in [0.25, 0.3) is 0 Å². The summed E-state index contributed by atoms with van der Waals surface area (Å²) in [4.78, 5) is 35.3. The molecule has 0 rings (SSSR count). The number of allylic oxidation sites excluding steroid dienone is 1. The summed E-state index contributed by atoms with van der Waals surface area (Å²) in [6.45, 7) is 7.13. The van der Waals surface area contributed by atoms with E-state index in [9.17, 15) is 14.4 Å². The van der Waals surface area contributed by atoms with Crippen molar-refractivity contribution in [2.45, 2.75) is 34.1 Å². The molecule has 0 aromatic heterocycles. The molecule has 0 aliphatic heterocycles. The molecule has 0 amide bonds. The highest BCUT2D eigenvalue weighted by molar-refractivity contribution is 5.97. The smallest absolute Gasteiger partial charge is 0.333 e. The van der Waals surface area contributed by atoms with Gasteiger partial charge in [-0.15, -0.1) is 0 Å². The molecule has 0 N–H and O–H groups in total. The Morgan fingerprint density at radius 1 is 0.900 bits per heavy atom. The van der Waals surface area contributed by atoms with Gasteiger partial charge >= 0.3 is 17.9 Å². The lowest BCUT2D eigenvalue weighted by molar-refractivity contribution is -0.161. The lowest BCUT2D eigenvalue weighted by Gasteiger charge is -2.15. The van der Waals surface area contributed by atoms with Crippen LogP contribution in [0.2, 0.25) is 0 Å². The molecule has 0 unspecified atom stereocenters. The molecule has 0 spiro atoms. The monoisotopic (exact) mass is 286 g/mol. The van der Waals surface area contributed by atoms with Crippen LogP contribution in [0.5, 0.6) is 0 Å². The highest BCUT2D eigenvalue weighted by Gasteiger charge is 2.32. The maximum atomic E-state index is 11.8. The van der Waals surface area contributed by atoms with Gasteiger partial charge in [-0.2, -0.15) is 0 Å². The zero-order valence-electron chi connectivity index (χ0n) is 12.4. The number of rotatable bonds is 8. The first-order valence-electron chi connectivity index (χ1n) is 6.67. The first kappa shape index (κ1) is 18.1. The summed E-state index contributed by atoms with van der Waals surface area (Å²) in [5.41, 5.74) is 0.248. The third-order valence-corrected chi connectivity index (χ3v) is 2.45. The molecule has 6 nitrogen and oxygen atoms in total. The van der Waals surface area contributed by atoms with Gasteiger partial charge in [0, 0.05) is 12.0 Å². The molecule has 0 bridgehead atoms. The Morgan fingerprint density at radius 3 is 1.70 bits per heavy atom. The number of carbonyl (C=O) groups excluding carboxylic acids is 3. The molecule has 20 heavy (non-hydrogen) atoms. The molecule has 0 heterocycles. The van der Waals surface area contributed by atoms with Gasteiger partial charge in [-0.05, 0) is 27.7 Å². The van der Waals surface area contributed by atoms with E-state index in [1.807, 2.05) is 0 Å². The molecule has 0 radical (unpaired) electrons. The number of hydrogen-bond donors (Lipinski definition) is 0. The van der Waals surface area contributed by atoms with E-state index in [0.717, 1.165) is 0 Å². The van der Waals surface area contributed by atoms with E-state index in [4.69, 9.17) is 14.2 Å². The zero-order chi connectivity index (χ0) is 15.5. The summed E-state index contributed by atoms with van der Waals surface area (Å²) < 4.78 is 14.5. The van der Waals surface area contributed by atoms with Crippen LogP contribution in [0.15, 0.2) is 11.6 Å². The van der Waals surface area contributed by atoms with Crippen molar-refractivity contribution in [3.8, 4) is 0 Å². The van der Waals surface area contributed by atoms with Gasteiger partial charge in [0.1, 0.15) is 0 Å². The maximum Gasteiger partial charge on any atom is 0.333 e. The van der Waals surface area contributed by atoms with E-state index >= 15 is 0 Å². The lowest BCUT2D eigenvalue weighted by Crippen LogP contribution is -2.29. The number of ether oxygens (including phenoxy) is 3. The van der Waals surface area contributed by atoms with Crippen LogP contribution in [-0.2, 0) is 28.6 Å². The Bertz CT molecular complexity index is 354. The van der Waals surface area contributed by atoms with Crippen LogP contribution in [0.4, 0.5) is 0 Å². The van der Waals surface area contributed by atoms with E-state index in [-0.39, 0.29) is 31.8 Å². The molecule has 0 saturated carbocycles. The second kappa shape index (κ2) is 10.00. The molecule has 6 heteroatoms. The minimum absolute atomic E-state index is 0.0903. The first-order valence-corrected chi connectivity index (χ1v) is 6.67. The third-order valence-electron chi connectivity index (χ3n) is 2.45. The standard InChI is InChI=1S/C14H22O6/c1-5-10(12(15)18-6-2)9-11(13(16)19-7-3)14(17)20-8-4/h5,11H,6-9H2,1-4H3. The second-order valence-electron chi connectivity index (χ2n) is 3.80. The first-order chi connectivity index (χ1) is 9.51. The van der Waals surface area contributed by atoms with Crippen molar-refractivity contribution < 1.29 is 28.6 Å². The molecule has 0 atom stereocenters. The van der Waals surface area contributed by atoms with Crippen molar-refractivity contribution >= 4 is 17.9 Å². The van der Waals surface area contributed by atoms with Crippen molar-refractivity contribution in [1.82, 2.24) is 0 Å². The Morgan fingerprint density at radius 2 is 1.35 bits per heavy atom. The summed E-state index contributed by atoms with van der Waals surface area (Å²) in [7, 11) is 0. The fraction of sp³-hybridized carbons (Fsp3) is 0.643. The van der Waals surface area contributed by atoms with Crippen molar-refractivity contribution in [3.05, 3.63) is 11.6 Å². The van der Waals surface area contributed by atoms with Crippen molar-refractivity contribution in [2.24, 2.45) is 5.92 Å². The Labute approximate surface area is 119 Å². The molecule has 114 valence electrons. The average molecular weight is 286 g/mol. The van der Waals surface area contributed by atoms with Gasteiger partial charge in [-0.1, -0.05) is 6.08 Å². The fourth-order valence-electron chi connectivity index (χ4n) is 1.51. The van der Waals surface area contributed by atoms with Gasteiger partial charge in [0.2, 0.25) is 0 Å². The quantitative estimate of drug-likeness (QED) is 0.292. The van der Waals surface area contributed by atoms with Crippen molar-refractivity contribution in [1.29, 1.82) is 0 Å². The van der Waals surface area contributed by atoms with Crippen LogP contribution in [0.1, 0.15) is 34.1 Å². The predicted octanol–water partition coefficient (Wildman–Crippen LogP) is 1.63. The second-order valence-corrected chi connectivity index (χ2v) is 3.80. The van der Waals surface area contributed by atoms with Gasteiger partial charge in [0.25, 0.3) is 0 Å². The largest absolute Gasteiger partial charge is 0.465 e. The summed E-state index contributed by atoms with van der Waals surface area (Å²) in [6, 6.07) is 0. The minimum Gasteiger partial charge on any atom is -0.465 e. The predicted molar refractivity (Wildman–Crippen MR) is 71.8 cm³/mol. The van der Waals surface area contributed by atoms with Crippen LogP contribution < -0.4 is 0 Å².